The van der Waals surface area contributed by atoms with E-state index in [2.05, 4.69) is 21.4 Å². The van der Waals surface area contributed by atoms with Crippen molar-refractivity contribution in [3.8, 4) is 0 Å². The average molecular weight is 297 g/mol. The third-order valence-corrected chi connectivity index (χ3v) is 4.21. The zero-order valence-electron chi connectivity index (χ0n) is 11.5. The van der Waals surface area contributed by atoms with Gasteiger partial charge in [-0.3, -0.25) is 9.78 Å². The quantitative estimate of drug-likeness (QED) is 0.787. The van der Waals surface area contributed by atoms with Crippen LogP contribution in [0.4, 0.5) is 0 Å². The second-order valence-corrected chi connectivity index (χ2v) is 5.83. The molecule has 0 fully saturated rings. The van der Waals surface area contributed by atoms with E-state index < -0.39 is 0 Å². The highest BCUT2D eigenvalue weighted by Gasteiger charge is 2.06. The maximum atomic E-state index is 11.9. The first-order valence-corrected chi connectivity index (χ1v) is 7.63. The van der Waals surface area contributed by atoms with Crippen LogP contribution in [0.15, 0.2) is 48.8 Å². The van der Waals surface area contributed by atoms with Gasteiger partial charge in [0.25, 0.3) is 0 Å². The molecule has 106 valence electrons. The summed E-state index contributed by atoms with van der Waals surface area (Å²) in [5.41, 5.74) is 2.01. The molecule has 5 heteroatoms. The molecule has 1 amide bonds. The number of aryl methyl sites for hydroxylation is 1. The van der Waals surface area contributed by atoms with Crippen LogP contribution >= 0.6 is 11.3 Å². The lowest BCUT2D eigenvalue weighted by Crippen LogP contribution is -2.23. The Morgan fingerprint density at radius 1 is 1.19 bits per heavy atom. The van der Waals surface area contributed by atoms with Crippen molar-refractivity contribution in [3.63, 3.8) is 0 Å². The summed E-state index contributed by atoms with van der Waals surface area (Å²) in [5, 5.41) is 3.91. The number of pyridine rings is 1. The van der Waals surface area contributed by atoms with Gasteiger partial charge in [-0.15, -0.1) is 11.3 Å². The summed E-state index contributed by atoms with van der Waals surface area (Å²) in [4.78, 5) is 20.4. The lowest BCUT2D eigenvalue weighted by molar-refractivity contribution is -0.121. The standard InChI is InChI=1S/C16H15N3OS/c20-15(18-11-12-4-3-9-17-10-12)7-8-16-19-13-5-1-2-6-14(13)21-16/h1-6,9-10H,7-8,11H2,(H,18,20). The van der Waals surface area contributed by atoms with Crippen LogP contribution in [0.2, 0.25) is 0 Å². The fourth-order valence-electron chi connectivity index (χ4n) is 2.04. The van der Waals surface area contributed by atoms with Crippen LogP contribution in [0.5, 0.6) is 0 Å². The van der Waals surface area contributed by atoms with E-state index in [-0.39, 0.29) is 5.91 Å². The molecule has 4 nitrogen and oxygen atoms in total. The van der Waals surface area contributed by atoms with Gasteiger partial charge >= 0.3 is 0 Å². The smallest absolute Gasteiger partial charge is 0.220 e. The largest absolute Gasteiger partial charge is 0.352 e. The molecule has 2 heterocycles. The zero-order valence-corrected chi connectivity index (χ0v) is 12.3. The zero-order chi connectivity index (χ0) is 14.5. The van der Waals surface area contributed by atoms with E-state index in [0.29, 0.717) is 19.4 Å². The van der Waals surface area contributed by atoms with E-state index in [0.717, 1.165) is 16.1 Å². The summed E-state index contributed by atoms with van der Waals surface area (Å²) in [7, 11) is 0. The highest BCUT2D eigenvalue weighted by molar-refractivity contribution is 7.18. The van der Waals surface area contributed by atoms with Gasteiger partial charge in [0, 0.05) is 31.8 Å². The first-order chi connectivity index (χ1) is 10.3. The first-order valence-electron chi connectivity index (χ1n) is 6.81. The number of carbonyl (C=O) groups excluding carboxylic acids is 1. The van der Waals surface area contributed by atoms with Crippen LogP contribution in [0.1, 0.15) is 17.0 Å². The van der Waals surface area contributed by atoms with Gasteiger partial charge in [-0.2, -0.15) is 0 Å². The van der Waals surface area contributed by atoms with E-state index >= 15 is 0 Å². The lowest BCUT2D eigenvalue weighted by atomic mass is 10.2. The summed E-state index contributed by atoms with van der Waals surface area (Å²) in [5.74, 6) is 0.0399. The van der Waals surface area contributed by atoms with Gasteiger partial charge in [-0.1, -0.05) is 18.2 Å². The number of nitrogens with one attached hydrogen (secondary N) is 1. The number of hydrogen-bond donors (Lipinski definition) is 1. The van der Waals surface area contributed by atoms with Crippen molar-refractivity contribution in [2.75, 3.05) is 0 Å². The highest BCUT2D eigenvalue weighted by atomic mass is 32.1. The van der Waals surface area contributed by atoms with Crippen LogP contribution in [0.25, 0.3) is 10.2 Å². The number of amides is 1. The van der Waals surface area contributed by atoms with Crippen LogP contribution < -0.4 is 5.32 Å². The molecule has 1 N–H and O–H groups in total. The maximum Gasteiger partial charge on any atom is 0.220 e. The van der Waals surface area contributed by atoms with Gasteiger partial charge < -0.3 is 5.32 Å². The van der Waals surface area contributed by atoms with Crippen LogP contribution in [-0.2, 0) is 17.8 Å². The minimum Gasteiger partial charge on any atom is -0.352 e. The van der Waals surface area contributed by atoms with Gasteiger partial charge in [0.1, 0.15) is 0 Å². The Kier molecular flexibility index (Phi) is 4.21. The minimum atomic E-state index is 0.0399. The molecule has 0 saturated carbocycles. The molecule has 1 aromatic carbocycles. The molecule has 2 aromatic heterocycles. The van der Waals surface area contributed by atoms with Gasteiger partial charge in [-0.25, -0.2) is 4.98 Å². The van der Waals surface area contributed by atoms with Crippen molar-refractivity contribution in [2.24, 2.45) is 0 Å². The Balaban J connectivity index is 1.51. The molecule has 0 bridgehead atoms. The van der Waals surface area contributed by atoms with E-state index in [1.54, 1.807) is 23.7 Å². The second kappa shape index (κ2) is 6.45. The van der Waals surface area contributed by atoms with E-state index in [9.17, 15) is 4.79 Å². The number of rotatable bonds is 5. The highest BCUT2D eigenvalue weighted by Crippen LogP contribution is 2.22. The fraction of sp³-hybridized carbons (Fsp3) is 0.188. The molecule has 0 aliphatic carbocycles. The molecule has 0 aliphatic heterocycles. The number of thiazole rings is 1. The molecule has 0 saturated heterocycles. The fourth-order valence-corrected chi connectivity index (χ4v) is 3.01. The Labute approximate surface area is 126 Å². The third-order valence-electron chi connectivity index (χ3n) is 3.12. The normalized spacial score (nSPS) is 10.7. The van der Waals surface area contributed by atoms with Crippen molar-refractivity contribution in [1.82, 2.24) is 15.3 Å². The molecule has 3 rings (SSSR count). The van der Waals surface area contributed by atoms with Crippen LogP contribution in [-0.4, -0.2) is 15.9 Å². The summed E-state index contributed by atoms with van der Waals surface area (Å²) in [6.45, 7) is 0.520. The topological polar surface area (TPSA) is 54.9 Å². The number of carbonyl (C=O) groups is 1. The third kappa shape index (κ3) is 3.64. The van der Waals surface area contributed by atoms with Gasteiger partial charge in [0.2, 0.25) is 5.91 Å². The van der Waals surface area contributed by atoms with Crippen LogP contribution in [0.3, 0.4) is 0 Å². The number of aromatic nitrogens is 2. The Bertz CT molecular complexity index is 706. The number of hydrogen-bond acceptors (Lipinski definition) is 4. The van der Waals surface area contributed by atoms with Crippen molar-refractivity contribution in [3.05, 3.63) is 59.4 Å². The van der Waals surface area contributed by atoms with Crippen molar-refractivity contribution < 1.29 is 4.79 Å². The number of para-hydroxylation sites is 1. The molecule has 3 aromatic rings. The molecule has 0 atom stereocenters. The lowest BCUT2D eigenvalue weighted by Gasteiger charge is -2.03. The number of fused-ring (bicyclic) bond motifs is 1. The van der Waals surface area contributed by atoms with Gasteiger partial charge in [0.15, 0.2) is 0 Å². The number of nitrogens with zero attached hydrogens (tertiary/aromatic N) is 2. The molecular formula is C16H15N3OS. The molecule has 0 aliphatic rings. The second-order valence-electron chi connectivity index (χ2n) is 4.71. The SMILES string of the molecule is O=C(CCc1nc2ccccc2s1)NCc1cccnc1. The van der Waals surface area contributed by atoms with Gasteiger partial charge in [0.05, 0.1) is 15.2 Å². The molecule has 0 unspecified atom stereocenters. The Morgan fingerprint density at radius 3 is 2.90 bits per heavy atom. The van der Waals surface area contributed by atoms with Crippen molar-refractivity contribution in [1.29, 1.82) is 0 Å². The minimum absolute atomic E-state index is 0.0399. The predicted molar refractivity (Wildman–Crippen MR) is 84.0 cm³/mol. The first kappa shape index (κ1) is 13.7. The van der Waals surface area contributed by atoms with Gasteiger partial charge in [-0.05, 0) is 23.8 Å². The van der Waals surface area contributed by atoms with Crippen molar-refractivity contribution >= 4 is 27.5 Å². The predicted octanol–water partition coefficient (Wildman–Crippen LogP) is 2.94. The maximum absolute atomic E-state index is 11.9. The average Bonchev–Trinajstić information content (AvgIpc) is 2.95. The van der Waals surface area contributed by atoms with E-state index in [1.807, 2.05) is 30.3 Å². The number of benzene rings is 1. The molecule has 0 radical (unpaired) electrons. The van der Waals surface area contributed by atoms with Crippen molar-refractivity contribution in [2.45, 2.75) is 19.4 Å². The monoisotopic (exact) mass is 297 g/mol. The van der Waals surface area contributed by atoms with E-state index in [4.69, 9.17) is 0 Å². The Morgan fingerprint density at radius 2 is 2.10 bits per heavy atom. The summed E-state index contributed by atoms with van der Waals surface area (Å²) >= 11 is 1.65. The Hall–Kier alpha value is -2.27. The van der Waals surface area contributed by atoms with E-state index in [1.165, 1.54) is 4.70 Å². The summed E-state index contributed by atoms with van der Waals surface area (Å²) in [6.07, 6.45) is 4.62. The molecule has 0 spiro atoms. The van der Waals surface area contributed by atoms with Crippen LogP contribution in [0, 0.1) is 0 Å². The summed E-state index contributed by atoms with van der Waals surface area (Å²) in [6, 6.07) is 11.8. The molecule has 21 heavy (non-hydrogen) atoms. The molecular weight excluding hydrogens is 282 g/mol. The summed E-state index contributed by atoms with van der Waals surface area (Å²) < 4.78 is 1.17.